The first-order chi connectivity index (χ1) is 9.04. The van der Waals surface area contributed by atoms with Crippen molar-refractivity contribution in [1.82, 2.24) is 0 Å². The van der Waals surface area contributed by atoms with Crippen LogP contribution in [-0.4, -0.2) is 19.1 Å². The maximum absolute atomic E-state index is 13.8. The van der Waals surface area contributed by atoms with Crippen molar-refractivity contribution in [2.24, 2.45) is 0 Å². The molecule has 0 radical (unpaired) electrons. The molecule has 0 bridgehead atoms. The number of carbonyl (C=O) groups is 1. The van der Waals surface area contributed by atoms with E-state index in [9.17, 15) is 13.6 Å². The number of ether oxygens (including phenoxy) is 1. The van der Waals surface area contributed by atoms with E-state index in [0.717, 1.165) is 19.6 Å². The summed E-state index contributed by atoms with van der Waals surface area (Å²) in [5, 5.41) is 2.72. The lowest BCUT2D eigenvalue weighted by atomic mass is 10.1. The second kappa shape index (κ2) is 6.74. The van der Waals surface area contributed by atoms with Crippen molar-refractivity contribution >= 4 is 11.7 Å². The van der Waals surface area contributed by atoms with Gasteiger partial charge in [-0.05, 0) is 18.6 Å². The topological polar surface area (TPSA) is 38.3 Å². The van der Waals surface area contributed by atoms with Crippen LogP contribution in [0.5, 0.6) is 0 Å². The summed E-state index contributed by atoms with van der Waals surface area (Å²) in [5.41, 5.74) is -0.514. The molecule has 1 atom stereocenters. The number of carbonyl (C=O) groups excluding carboxylic acids is 1. The molecule has 1 aromatic carbocycles. The van der Waals surface area contributed by atoms with Gasteiger partial charge in [-0.3, -0.25) is 0 Å². The number of hydrogen-bond donors (Lipinski definition) is 1. The first kappa shape index (κ1) is 15.0. The van der Waals surface area contributed by atoms with E-state index in [1.165, 1.54) is 6.07 Å². The Morgan fingerprint density at radius 1 is 1.47 bits per heavy atom. The Bertz CT molecular complexity index is 509. The predicted octanol–water partition coefficient (Wildman–Crippen LogP) is 2.97. The van der Waals surface area contributed by atoms with Gasteiger partial charge in [0, 0.05) is 0 Å². The molecule has 0 aliphatic heterocycles. The van der Waals surface area contributed by atoms with E-state index in [1.807, 2.05) is 6.92 Å². The highest BCUT2D eigenvalue weighted by molar-refractivity contribution is 5.90. The van der Waals surface area contributed by atoms with Gasteiger partial charge in [0.15, 0.2) is 11.6 Å². The van der Waals surface area contributed by atoms with Crippen molar-refractivity contribution in [1.29, 1.82) is 0 Å². The Morgan fingerprint density at radius 3 is 2.68 bits per heavy atom. The zero-order valence-corrected chi connectivity index (χ0v) is 10.8. The number of benzene rings is 1. The zero-order valence-electron chi connectivity index (χ0n) is 10.8. The largest absolute Gasteiger partial charge is 0.465 e. The predicted molar refractivity (Wildman–Crippen MR) is 68.8 cm³/mol. The van der Waals surface area contributed by atoms with Crippen LogP contribution in [0.3, 0.4) is 0 Å². The number of methoxy groups -OCH3 is 1. The van der Waals surface area contributed by atoms with E-state index >= 15 is 0 Å². The van der Waals surface area contributed by atoms with Gasteiger partial charge in [0.25, 0.3) is 0 Å². The average molecular weight is 267 g/mol. The zero-order chi connectivity index (χ0) is 14.4. The Morgan fingerprint density at radius 2 is 2.16 bits per heavy atom. The van der Waals surface area contributed by atoms with Gasteiger partial charge in [0.05, 0.1) is 24.4 Å². The number of nitrogens with one attached hydrogen (secondary N) is 1. The van der Waals surface area contributed by atoms with Gasteiger partial charge in [-0.15, -0.1) is 6.42 Å². The number of terminal acetylenes is 1. The molecule has 0 amide bonds. The lowest BCUT2D eigenvalue weighted by Gasteiger charge is -2.15. The fourth-order valence-corrected chi connectivity index (χ4v) is 1.60. The highest BCUT2D eigenvalue weighted by Crippen LogP contribution is 2.22. The fraction of sp³-hybridized carbons (Fsp3) is 0.357. The van der Waals surface area contributed by atoms with Gasteiger partial charge in [0.2, 0.25) is 0 Å². The van der Waals surface area contributed by atoms with Gasteiger partial charge < -0.3 is 10.1 Å². The minimum absolute atomic E-state index is 0.0680. The van der Waals surface area contributed by atoms with Gasteiger partial charge in [-0.1, -0.05) is 19.3 Å². The molecule has 0 fully saturated rings. The maximum Gasteiger partial charge on any atom is 0.340 e. The summed E-state index contributed by atoms with van der Waals surface area (Å²) >= 11 is 0. The molecule has 1 aromatic rings. The number of esters is 1. The smallest absolute Gasteiger partial charge is 0.340 e. The van der Waals surface area contributed by atoms with Crippen LogP contribution in [0.1, 0.15) is 30.1 Å². The average Bonchev–Trinajstić information content (AvgIpc) is 2.42. The van der Waals surface area contributed by atoms with Crippen LogP contribution in [0.25, 0.3) is 0 Å². The van der Waals surface area contributed by atoms with Crippen LogP contribution in [0.2, 0.25) is 0 Å². The van der Waals surface area contributed by atoms with E-state index in [2.05, 4.69) is 16.0 Å². The van der Waals surface area contributed by atoms with Crippen molar-refractivity contribution < 1.29 is 18.3 Å². The van der Waals surface area contributed by atoms with E-state index in [0.29, 0.717) is 6.42 Å². The lowest BCUT2D eigenvalue weighted by Crippen LogP contribution is -2.18. The standard InChI is InChI=1S/C14H15F2NO2/c1-4-6-9(5-2)17-11-8-7-10(14(18)19-3)12(15)13(11)16/h2,7-9,17H,4,6H2,1,3H3. The third-order valence-electron chi connectivity index (χ3n) is 2.60. The molecule has 0 aliphatic rings. The van der Waals surface area contributed by atoms with Crippen LogP contribution in [0.4, 0.5) is 14.5 Å². The molecule has 5 heteroatoms. The van der Waals surface area contributed by atoms with E-state index in [1.54, 1.807) is 0 Å². The van der Waals surface area contributed by atoms with Crippen LogP contribution in [-0.2, 0) is 4.74 Å². The quantitative estimate of drug-likeness (QED) is 0.658. The summed E-state index contributed by atoms with van der Waals surface area (Å²) in [5.74, 6) is -0.857. The van der Waals surface area contributed by atoms with Crippen LogP contribution in [0, 0.1) is 24.0 Å². The molecule has 0 saturated heterocycles. The summed E-state index contributed by atoms with van der Waals surface area (Å²) in [6.45, 7) is 1.93. The summed E-state index contributed by atoms with van der Waals surface area (Å²) < 4.78 is 31.8. The van der Waals surface area contributed by atoms with Gasteiger partial charge in [-0.2, -0.15) is 0 Å². The molecule has 0 aliphatic carbocycles. The number of hydrogen-bond acceptors (Lipinski definition) is 3. The molecule has 1 rings (SSSR count). The van der Waals surface area contributed by atoms with Gasteiger partial charge >= 0.3 is 5.97 Å². The summed E-state index contributed by atoms with van der Waals surface area (Å²) in [7, 11) is 1.10. The van der Waals surface area contributed by atoms with Crippen molar-refractivity contribution in [3.63, 3.8) is 0 Å². The first-order valence-corrected chi connectivity index (χ1v) is 5.84. The second-order valence-corrected chi connectivity index (χ2v) is 3.93. The summed E-state index contributed by atoms with van der Waals surface area (Å²) in [6, 6.07) is 2.04. The molecule has 0 spiro atoms. The highest BCUT2D eigenvalue weighted by Gasteiger charge is 2.19. The molecular weight excluding hydrogens is 252 g/mol. The van der Waals surface area contributed by atoms with E-state index in [4.69, 9.17) is 6.42 Å². The van der Waals surface area contributed by atoms with Crippen LogP contribution >= 0.6 is 0 Å². The number of anilines is 1. The molecule has 0 saturated carbocycles. The van der Waals surface area contributed by atoms with E-state index < -0.39 is 23.2 Å². The minimum Gasteiger partial charge on any atom is -0.465 e. The number of halogens is 2. The highest BCUT2D eigenvalue weighted by atomic mass is 19.2. The Balaban J connectivity index is 3.03. The normalized spacial score (nSPS) is 11.5. The molecular formula is C14H15F2NO2. The first-order valence-electron chi connectivity index (χ1n) is 5.84. The Labute approximate surface area is 111 Å². The molecule has 0 heterocycles. The molecule has 3 nitrogen and oxygen atoms in total. The van der Waals surface area contributed by atoms with Gasteiger partial charge in [0.1, 0.15) is 0 Å². The third kappa shape index (κ3) is 3.44. The van der Waals surface area contributed by atoms with Gasteiger partial charge in [-0.25, -0.2) is 13.6 Å². The van der Waals surface area contributed by atoms with Crippen LogP contribution in [0.15, 0.2) is 12.1 Å². The number of rotatable bonds is 5. The molecule has 19 heavy (non-hydrogen) atoms. The molecule has 1 N–H and O–H groups in total. The van der Waals surface area contributed by atoms with Crippen LogP contribution < -0.4 is 5.32 Å². The van der Waals surface area contributed by atoms with E-state index in [-0.39, 0.29) is 11.7 Å². The summed E-state index contributed by atoms with van der Waals surface area (Å²) in [6.07, 6.45) is 6.74. The maximum atomic E-state index is 13.8. The lowest BCUT2D eigenvalue weighted by molar-refractivity contribution is 0.0594. The summed E-state index contributed by atoms with van der Waals surface area (Å²) in [4.78, 5) is 11.2. The monoisotopic (exact) mass is 267 g/mol. The fourth-order valence-electron chi connectivity index (χ4n) is 1.60. The molecule has 0 aromatic heterocycles. The Hall–Kier alpha value is -2.09. The SMILES string of the molecule is C#CC(CCC)Nc1ccc(C(=O)OC)c(F)c1F. The Kier molecular flexibility index (Phi) is 5.31. The molecule has 1 unspecified atom stereocenters. The van der Waals surface area contributed by atoms with Crippen molar-refractivity contribution in [3.05, 3.63) is 29.3 Å². The van der Waals surface area contributed by atoms with Crippen molar-refractivity contribution in [2.75, 3.05) is 12.4 Å². The second-order valence-electron chi connectivity index (χ2n) is 3.93. The third-order valence-corrected chi connectivity index (χ3v) is 2.60. The molecule has 102 valence electrons. The minimum atomic E-state index is -1.25. The van der Waals surface area contributed by atoms with Crippen molar-refractivity contribution in [3.8, 4) is 12.3 Å². The van der Waals surface area contributed by atoms with Crippen molar-refractivity contribution in [2.45, 2.75) is 25.8 Å².